The first-order valence-corrected chi connectivity index (χ1v) is 11.9. The van der Waals surface area contributed by atoms with Gasteiger partial charge in [-0.15, -0.1) is 11.3 Å². The van der Waals surface area contributed by atoms with Gasteiger partial charge in [-0.3, -0.25) is 14.5 Å². The van der Waals surface area contributed by atoms with Crippen LogP contribution in [0.15, 0.2) is 46.3 Å². The maximum Gasteiger partial charge on any atom is 0.227 e. The molecular weight excluding hydrogens is 424 g/mol. The molecule has 0 atom stereocenters. The third-order valence-electron chi connectivity index (χ3n) is 5.73. The normalized spacial score (nSPS) is 14.6. The minimum atomic E-state index is 0.0542. The minimum absolute atomic E-state index is 0.0542. The number of carbonyl (C=O) groups excluding carboxylic acids is 2. The van der Waals surface area contributed by atoms with Crippen molar-refractivity contribution in [2.45, 2.75) is 32.6 Å². The van der Waals surface area contributed by atoms with E-state index in [4.69, 9.17) is 4.52 Å². The Morgan fingerprint density at radius 1 is 1.06 bits per heavy atom. The van der Waals surface area contributed by atoms with E-state index in [1.54, 1.807) is 0 Å². The lowest BCUT2D eigenvalue weighted by molar-refractivity contribution is -0.132. The second-order valence-corrected chi connectivity index (χ2v) is 9.05. The smallest absolute Gasteiger partial charge is 0.227 e. The van der Waals surface area contributed by atoms with Gasteiger partial charge in [-0.1, -0.05) is 41.1 Å². The van der Waals surface area contributed by atoms with Gasteiger partial charge in [0.15, 0.2) is 5.78 Å². The lowest BCUT2D eigenvalue weighted by atomic mass is 10.1. The SMILES string of the molecule is Cc1ccc(-c2noc(CCCN3CCN(C(=O)CCC(=O)c4cccs4)CC3)n2)cc1. The van der Waals surface area contributed by atoms with Crippen LogP contribution in [-0.2, 0) is 11.2 Å². The van der Waals surface area contributed by atoms with Crippen LogP contribution in [0.1, 0.15) is 40.4 Å². The molecule has 32 heavy (non-hydrogen) atoms. The number of thiophene rings is 1. The van der Waals surface area contributed by atoms with Crippen molar-refractivity contribution in [3.05, 3.63) is 58.1 Å². The summed E-state index contributed by atoms with van der Waals surface area (Å²) in [5, 5.41) is 5.97. The fraction of sp³-hybridized carbons (Fsp3) is 0.417. The van der Waals surface area contributed by atoms with Gasteiger partial charge in [0, 0.05) is 51.0 Å². The third kappa shape index (κ3) is 5.89. The fourth-order valence-electron chi connectivity index (χ4n) is 3.79. The van der Waals surface area contributed by atoms with Gasteiger partial charge >= 0.3 is 0 Å². The van der Waals surface area contributed by atoms with E-state index in [1.165, 1.54) is 16.9 Å². The molecule has 0 saturated carbocycles. The fourth-order valence-corrected chi connectivity index (χ4v) is 4.48. The van der Waals surface area contributed by atoms with Crippen molar-refractivity contribution in [2.75, 3.05) is 32.7 Å². The van der Waals surface area contributed by atoms with Crippen molar-refractivity contribution in [1.29, 1.82) is 0 Å². The van der Waals surface area contributed by atoms with Gasteiger partial charge in [-0.25, -0.2) is 0 Å². The average molecular weight is 453 g/mol. The van der Waals surface area contributed by atoms with E-state index in [2.05, 4.69) is 22.0 Å². The maximum absolute atomic E-state index is 12.4. The van der Waals surface area contributed by atoms with E-state index >= 15 is 0 Å². The Balaban J connectivity index is 1.14. The molecule has 0 aliphatic carbocycles. The molecule has 0 bridgehead atoms. The Morgan fingerprint density at radius 2 is 1.84 bits per heavy atom. The number of amides is 1. The monoisotopic (exact) mass is 452 g/mol. The van der Waals surface area contributed by atoms with E-state index in [0.29, 0.717) is 24.8 Å². The summed E-state index contributed by atoms with van der Waals surface area (Å²) in [4.78, 5) is 34.0. The lowest BCUT2D eigenvalue weighted by Crippen LogP contribution is -2.48. The van der Waals surface area contributed by atoms with Gasteiger partial charge < -0.3 is 9.42 Å². The van der Waals surface area contributed by atoms with Crippen LogP contribution in [0.5, 0.6) is 0 Å². The Morgan fingerprint density at radius 3 is 2.56 bits per heavy atom. The second-order valence-electron chi connectivity index (χ2n) is 8.10. The first-order chi connectivity index (χ1) is 15.6. The van der Waals surface area contributed by atoms with Gasteiger partial charge in [0.25, 0.3) is 0 Å². The molecule has 2 aromatic heterocycles. The molecule has 1 aromatic carbocycles. The molecule has 0 unspecified atom stereocenters. The van der Waals surface area contributed by atoms with Crippen LogP contribution in [0.4, 0.5) is 0 Å². The highest BCUT2D eigenvalue weighted by molar-refractivity contribution is 7.12. The topological polar surface area (TPSA) is 79.5 Å². The summed E-state index contributed by atoms with van der Waals surface area (Å²) in [7, 11) is 0. The van der Waals surface area contributed by atoms with Gasteiger partial charge in [0.2, 0.25) is 17.6 Å². The summed E-state index contributed by atoms with van der Waals surface area (Å²) in [6.45, 7) is 6.11. The molecule has 8 heteroatoms. The number of ketones is 1. The number of nitrogens with zero attached hydrogens (tertiary/aromatic N) is 4. The number of carbonyl (C=O) groups is 2. The van der Waals surface area contributed by atoms with Crippen molar-refractivity contribution in [3.8, 4) is 11.4 Å². The first-order valence-electron chi connectivity index (χ1n) is 11.0. The van der Waals surface area contributed by atoms with Crippen molar-refractivity contribution >= 4 is 23.0 Å². The summed E-state index contributed by atoms with van der Waals surface area (Å²) in [6.07, 6.45) is 2.24. The number of rotatable bonds is 9. The summed E-state index contributed by atoms with van der Waals surface area (Å²) in [5.74, 6) is 1.41. The van der Waals surface area contributed by atoms with Crippen LogP contribution in [0.3, 0.4) is 0 Å². The highest BCUT2D eigenvalue weighted by Crippen LogP contribution is 2.17. The largest absolute Gasteiger partial charge is 0.340 e. The maximum atomic E-state index is 12.4. The van der Waals surface area contributed by atoms with Crippen molar-refractivity contribution in [2.24, 2.45) is 0 Å². The molecule has 1 aliphatic heterocycles. The molecular formula is C24H28N4O3S. The Hall–Kier alpha value is -2.84. The molecule has 1 fully saturated rings. The second kappa shape index (κ2) is 10.7. The molecule has 1 aliphatic rings. The van der Waals surface area contributed by atoms with Gasteiger partial charge in [-0.2, -0.15) is 4.98 Å². The number of benzene rings is 1. The first kappa shape index (κ1) is 22.4. The van der Waals surface area contributed by atoms with Crippen molar-refractivity contribution < 1.29 is 14.1 Å². The van der Waals surface area contributed by atoms with Crippen molar-refractivity contribution in [1.82, 2.24) is 19.9 Å². The standard InChI is InChI=1S/C24H28N4O3S/c1-18-6-8-19(9-7-18)24-25-22(31-26-24)5-2-12-27-13-15-28(16-14-27)23(30)11-10-20(29)21-4-3-17-32-21/h3-4,6-9,17H,2,5,10-16H2,1H3. The molecule has 0 radical (unpaired) electrons. The van der Waals surface area contributed by atoms with E-state index < -0.39 is 0 Å². The Kier molecular flexibility index (Phi) is 7.44. The van der Waals surface area contributed by atoms with Crippen LogP contribution in [0, 0.1) is 6.92 Å². The zero-order valence-corrected chi connectivity index (χ0v) is 19.1. The number of aromatic nitrogens is 2. The Bertz CT molecular complexity index is 1020. The molecule has 0 spiro atoms. The molecule has 0 N–H and O–H groups in total. The van der Waals surface area contributed by atoms with Crippen LogP contribution < -0.4 is 0 Å². The van der Waals surface area contributed by atoms with E-state index in [-0.39, 0.29) is 24.5 Å². The van der Waals surface area contributed by atoms with E-state index in [1.807, 2.05) is 46.7 Å². The summed E-state index contributed by atoms with van der Waals surface area (Å²) in [5.41, 5.74) is 2.16. The average Bonchev–Trinajstić information content (AvgIpc) is 3.51. The van der Waals surface area contributed by atoms with Crippen molar-refractivity contribution in [3.63, 3.8) is 0 Å². The highest BCUT2D eigenvalue weighted by atomic mass is 32.1. The van der Waals surface area contributed by atoms with Crippen LogP contribution in [0.25, 0.3) is 11.4 Å². The predicted molar refractivity (Wildman–Crippen MR) is 124 cm³/mol. The predicted octanol–water partition coefficient (Wildman–Crippen LogP) is 3.85. The molecule has 3 aromatic rings. The molecule has 7 nitrogen and oxygen atoms in total. The van der Waals surface area contributed by atoms with Crippen LogP contribution in [-0.4, -0.2) is 64.4 Å². The molecule has 1 amide bonds. The zero-order chi connectivity index (χ0) is 22.3. The minimum Gasteiger partial charge on any atom is -0.340 e. The number of hydrogen-bond donors (Lipinski definition) is 0. The van der Waals surface area contributed by atoms with E-state index in [9.17, 15) is 9.59 Å². The van der Waals surface area contributed by atoms with Gasteiger partial charge in [-0.05, 0) is 31.3 Å². The number of Topliss-reactive ketones (excluding diaryl/α,β-unsaturated/α-hetero) is 1. The molecule has 4 rings (SSSR count). The quantitative estimate of drug-likeness (QED) is 0.459. The highest BCUT2D eigenvalue weighted by Gasteiger charge is 2.22. The number of aryl methyl sites for hydroxylation is 2. The third-order valence-corrected chi connectivity index (χ3v) is 6.64. The molecule has 3 heterocycles. The van der Waals surface area contributed by atoms with Crippen LogP contribution >= 0.6 is 11.3 Å². The van der Waals surface area contributed by atoms with Gasteiger partial charge in [0.1, 0.15) is 0 Å². The number of piperazine rings is 1. The summed E-state index contributed by atoms with van der Waals surface area (Å²) in [6, 6.07) is 11.8. The summed E-state index contributed by atoms with van der Waals surface area (Å²) < 4.78 is 5.40. The van der Waals surface area contributed by atoms with Crippen LogP contribution in [0.2, 0.25) is 0 Å². The molecule has 168 valence electrons. The zero-order valence-electron chi connectivity index (χ0n) is 18.3. The van der Waals surface area contributed by atoms with E-state index in [0.717, 1.165) is 42.9 Å². The summed E-state index contributed by atoms with van der Waals surface area (Å²) >= 11 is 1.43. The number of hydrogen-bond acceptors (Lipinski definition) is 7. The lowest BCUT2D eigenvalue weighted by Gasteiger charge is -2.34. The van der Waals surface area contributed by atoms with Gasteiger partial charge in [0.05, 0.1) is 4.88 Å². The Labute approximate surface area is 192 Å². The molecule has 1 saturated heterocycles.